The Balaban J connectivity index is 2.46. The molecule has 3 N–H and O–H groups in total. The summed E-state index contributed by atoms with van der Waals surface area (Å²) in [6, 6.07) is 4.42. The molecule has 0 aliphatic heterocycles. The number of nitrogens with one attached hydrogen (secondary N) is 2. The minimum Gasteiger partial charge on any atom is -0.508 e. The van der Waals surface area contributed by atoms with Crippen LogP contribution < -0.4 is 10.6 Å². The van der Waals surface area contributed by atoms with Gasteiger partial charge in [0.2, 0.25) is 11.8 Å². The van der Waals surface area contributed by atoms with Crippen LogP contribution in [0, 0.1) is 5.92 Å². The van der Waals surface area contributed by atoms with E-state index in [0.29, 0.717) is 12.0 Å². The van der Waals surface area contributed by atoms with Crippen molar-refractivity contribution in [1.82, 2.24) is 15.5 Å². The van der Waals surface area contributed by atoms with E-state index in [2.05, 4.69) is 10.6 Å². The molecular formula is C26H41N3O5. The van der Waals surface area contributed by atoms with Crippen LogP contribution in [0.25, 0.3) is 0 Å². The first-order valence-corrected chi connectivity index (χ1v) is 12.2. The molecule has 3 amide bonds. The lowest BCUT2D eigenvalue weighted by Gasteiger charge is -2.44. The third kappa shape index (κ3) is 7.92. The molecule has 0 spiro atoms. The quantitative estimate of drug-likeness (QED) is 0.494. The van der Waals surface area contributed by atoms with Gasteiger partial charge in [0, 0.05) is 12.1 Å². The molecule has 8 nitrogen and oxygen atoms in total. The largest absolute Gasteiger partial charge is 0.508 e. The summed E-state index contributed by atoms with van der Waals surface area (Å²) in [6.45, 7) is 13.0. The summed E-state index contributed by atoms with van der Waals surface area (Å²) < 4.78 is 5.41. The van der Waals surface area contributed by atoms with Crippen LogP contribution >= 0.6 is 0 Å². The standard InChI is InChI=1S/C26H41N3O5/c1-16(2)15-21(28-25(33)34-26(5,6)7)24(32)29(19-9-8-10-19)22(23(31)27-17(3)4)18-11-13-20(30)14-12-18/h11-14,16-17,19,21-22,30H,8-10,15H2,1-7H3,(H,27,31)(H,28,33). The molecule has 1 aliphatic carbocycles. The predicted octanol–water partition coefficient (Wildman–Crippen LogP) is 4.28. The maximum atomic E-state index is 14.0. The van der Waals surface area contributed by atoms with E-state index in [1.165, 1.54) is 12.1 Å². The van der Waals surface area contributed by atoms with Crippen LogP contribution in [0.3, 0.4) is 0 Å². The monoisotopic (exact) mass is 475 g/mol. The van der Waals surface area contributed by atoms with Crippen molar-refractivity contribution < 1.29 is 24.2 Å². The summed E-state index contributed by atoms with van der Waals surface area (Å²) in [4.78, 5) is 41.6. The highest BCUT2D eigenvalue weighted by Gasteiger charge is 2.42. The molecule has 2 rings (SSSR count). The molecule has 0 aromatic heterocycles. The molecule has 1 aromatic carbocycles. The highest BCUT2D eigenvalue weighted by Crippen LogP contribution is 2.34. The number of aromatic hydroxyl groups is 1. The Morgan fingerprint density at radius 2 is 1.65 bits per heavy atom. The molecule has 8 heteroatoms. The zero-order valence-corrected chi connectivity index (χ0v) is 21.6. The first kappa shape index (κ1) is 27.5. The molecule has 1 aliphatic rings. The topological polar surface area (TPSA) is 108 Å². The van der Waals surface area contributed by atoms with Gasteiger partial charge in [0.05, 0.1) is 0 Å². The average Bonchev–Trinajstić information content (AvgIpc) is 2.64. The number of carbonyl (C=O) groups is 3. The van der Waals surface area contributed by atoms with Crippen LogP contribution in [-0.2, 0) is 14.3 Å². The fourth-order valence-electron chi connectivity index (χ4n) is 3.96. The van der Waals surface area contributed by atoms with Crippen molar-refractivity contribution >= 4 is 17.9 Å². The number of hydrogen-bond acceptors (Lipinski definition) is 5. The highest BCUT2D eigenvalue weighted by atomic mass is 16.6. The lowest BCUT2D eigenvalue weighted by molar-refractivity contribution is -0.148. The summed E-state index contributed by atoms with van der Waals surface area (Å²) in [6.07, 6.45) is 2.30. The van der Waals surface area contributed by atoms with Crippen LogP contribution in [0.1, 0.15) is 85.8 Å². The molecule has 2 unspecified atom stereocenters. The van der Waals surface area contributed by atoms with Gasteiger partial charge in [0.15, 0.2) is 0 Å². The second-order valence-corrected chi connectivity index (χ2v) is 10.8. The first-order chi connectivity index (χ1) is 15.8. The second kappa shape index (κ2) is 11.6. The molecule has 1 saturated carbocycles. The van der Waals surface area contributed by atoms with E-state index in [0.717, 1.165) is 19.3 Å². The zero-order valence-electron chi connectivity index (χ0n) is 21.6. The zero-order chi connectivity index (χ0) is 25.6. The van der Waals surface area contributed by atoms with E-state index < -0.39 is 23.8 Å². The van der Waals surface area contributed by atoms with E-state index >= 15 is 0 Å². The molecular weight excluding hydrogens is 434 g/mol. The van der Waals surface area contributed by atoms with Crippen LogP contribution in [0.2, 0.25) is 0 Å². The number of amides is 3. The number of phenols is 1. The fraction of sp³-hybridized carbons (Fsp3) is 0.654. The number of phenolic OH excluding ortho intramolecular Hbond substituents is 1. The van der Waals surface area contributed by atoms with E-state index in [9.17, 15) is 19.5 Å². The van der Waals surface area contributed by atoms with Gasteiger partial charge in [-0.1, -0.05) is 26.0 Å². The maximum Gasteiger partial charge on any atom is 0.408 e. The smallest absolute Gasteiger partial charge is 0.408 e. The lowest BCUT2D eigenvalue weighted by Crippen LogP contribution is -2.58. The minimum absolute atomic E-state index is 0.0811. The summed E-state index contributed by atoms with van der Waals surface area (Å²) in [5, 5.41) is 15.5. The van der Waals surface area contributed by atoms with Gasteiger partial charge >= 0.3 is 6.09 Å². The molecule has 2 atom stereocenters. The minimum atomic E-state index is -0.879. The Labute approximate surface area is 203 Å². The van der Waals surface area contributed by atoms with Crippen molar-refractivity contribution in [3.8, 4) is 5.75 Å². The normalized spacial score (nSPS) is 15.9. The Kier molecular flexibility index (Phi) is 9.36. The Bertz CT molecular complexity index is 841. The van der Waals surface area contributed by atoms with Gasteiger partial charge in [0.25, 0.3) is 0 Å². The maximum absolute atomic E-state index is 14.0. The van der Waals surface area contributed by atoms with Crippen molar-refractivity contribution in [2.45, 2.75) is 104 Å². The molecule has 1 fully saturated rings. The van der Waals surface area contributed by atoms with E-state index in [-0.39, 0.29) is 35.6 Å². The van der Waals surface area contributed by atoms with E-state index in [1.54, 1.807) is 37.8 Å². The van der Waals surface area contributed by atoms with Gasteiger partial charge < -0.3 is 25.4 Å². The second-order valence-electron chi connectivity index (χ2n) is 10.8. The van der Waals surface area contributed by atoms with Crippen LogP contribution in [0.5, 0.6) is 5.75 Å². The molecule has 0 radical (unpaired) electrons. The summed E-state index contributed by atoms with van der Waals surface area (Å²) in [5.41, 5.74) is -0.0914. The molecule has 0 bridgehead atoms. The molecule has 1 aromatic rings. The van der Waals surface area contributed by atoms with Gasteiger partial charge in [-0.25, -0.2) is 4.79 Å². The number of alkyl carbamates (subject to hydrolysis) is 1. The van der Waals surface area contributed by atoms with Crippen molar-refractivity contribution in [2.75, 3.05) is 0 Å². The van der Waals surface area contributed by atoms with Gasteiger partial charge in [-0.2, -0.15) is 0 Å². The average molecular weight is 476 g/mol. The van der Waals surface area contributed by atoms with Gasteiger partial charge in [0.1, 0.15) is 23.4 Å². The Morgan fingerprint density at radius 1 is 1.06 bits per heavy atom. The number of rotatable bonds is 9. The van der Waals surface area contributed by atoms with E-state index in [4.69, 9.17) is 4.74 Å². The molecule has 34 heavy (non-hydrogen) atoms. The Hall–Kier alpha value is -2.77. The van der Waals surface area contributed by atoms with Crippen LogP contribution in [0.4, 0.5) is 4.79 Å². The molecule has 0 heterocycles. The number of benzene rings is 1. The lowest BCUT2D eigenvalue weighted by atomic mass is 9.87. The SMILES string of the molecule is CC(C)CC(NC(=O)OC(C)(C)C)C(=O)N(C1CCC1)C(C(=O)NC(C)C)c1ccc(O)cc1. The van der Waals surface area contributed by atoms with Crippen LogP contribution in [0.15, 0.2) is 24.3 Å². The molecule has 190 valence electrons. The first-order valence-electron chi connectivity index (χ1n) is 12.2. The number of ether oxygens (including phenoxy) is 1. The number of nitrogens with zero attached hydrogens (tertiary/aromatic N) is 1. The predicted molar refractivity (Wildman–Crippen MR) is 131 cm³/mol. The third-order valence-corrected chi connectivity index (χ3v) is 5.59. The van der Waals surface area contributed by atoms with Gasteiger partial charge in [-0.15, -0.1) is 0 Å². The highest BCUT2D eigenvalue weighted by molar-refractivity contribution is 5.92. The van der Waals surface area contributed by atoms with Gasteiger partial charge in [-0.3, -0.25) is 9.59 Å². The number of carbonyl (C=O) groups excluding carboxylic acids is 3. The summed E-state index contributed by atoms with van der Waals surface area (Å²) >= 11 is 0. The van der Waals surface area contributed by atoms with Crippen LogP contribution in [-0.4, -0.2) is 51.6 Å². The van der Waals surface area contributed by atoms with Gasteiger partial charge in [-0.05, 0) is 83.9 Å². The van der Waals surface area contributed by atoms with Crippen molar-refractivity contribution in [1.29, 1.82) is 0 Å². The fourth-order valence-corrected chi connectivity index (χ4v) is 3.96. The Morgan fingerprint density at radius 3 is 2.09 bits per heavy atom. The summed E-state index contributed by atoms with van der Waals surface area (Å²) in [5.74, 6) is -0.385. The van der Waals surface area contributed by atoms with Crippen molar-refractivity contribution in [2.24, 2.45) is 5.92 Å². The molecule has 0 saturated heterocycles. The summed E-state index contributed by atoms with van der Waals surface area (Å²) in [7, 11) is 0. The van der Waals surface area contributed by atoms with Crippen molar-refractivity contribution in [3.63, 3.8) is 0 Å². The van der Waals surface area contributed by atoms with Crippen molar-refractivity contribution in [3.05, 3.63) is 29.8 Å². The third-order valence-electron chi connectivity index (χ3n) is 5.59. The van der Waals surface area contributed by atoms with E-state index in [1.807, 2.05) is 27.7 Å². The number of hydrogen-bond donors (Lipinski definition) is 3.